The lowest BCUT2D eigenvalue weighted by Gasteiger charge is -2.13. The highest BCUT2D eigenvalue weighted by molar-refractivity contribution is 7.88. The molecule has 1 fully saturated rings. The fraction of sp³-hybridized carbons (Fsp3) is 0.353. The van der Waals surface area contributed by atoms with E-state index in [0.717, 1.165) is 12.1 Å². The second-order valence-electron chi connectivity index (χ2n) is 6.26. The Morgan fingerprint density at radius 3 is 2.80 bits per heavy atom. The van der Waals surface area contributed by atoms with E-state index in [-0.39, 0.29) is 11.5 Å². The molecular formula is C17H19N3O4S. The van der Waals surface area contributed by atoms with Gasteiger partial charge in [-0.15, -0.1) is 0 Å². The van der Waals surface area contributed by atoms with Gasteiger partial charge in [0.25, 0.3) is 0 Å². The highest BCUT2D eigenvalue weighted by Gasteiger charge is 2.28. The summed E-state index contributed by atoms with van der Waals surface area (Å²) in [7, 11) is -3.15. The number of rotatable bonds is 5. The number of hydrogen-bond donors (Lipinski definition) is 1. The lowest BCUT2D eigenvalue weighted by Crippen LogP contribution is -2.27. The first-order chi connectivity index (χ1) is 11.8. The van der Waals surface area contributed by atoms with Gasteiger partial charge >= 0.3 is 5.97 Å². The number of benzene rings is 1. The highest BCUT2D eigenvalue weighted by Crippen LogP contribution is 2.24. The molecule has 3 rings (SSSR count). The molecule has 0 amide bonds. The van der Waals surface area contributed by atoms with Crippen LogP contribution in [0.5, 0.6) is 0 Å². The van der Waals surface area contributed by atoms with Crippen LogP contribution >= 0.6 is 0 Å². The molecule has 0 bridgehead atoms. The quantitative estimate of drug-likeness (QED) is 0.869. The number of carboxylic acid groups (broad SMARTS) is 1. The van der Waals surface area contributed by atoms with Crippen molar-refractivity contribution in [3.8, 4) is 11.3 Å². The van der Waals surface area contributed by atoms with Gasteiger partial charge < -0.3 is 5.11 Å². The first-order valence-electron chi connectivity index (χ1n) is 7.92. The molecule has 0 unspecified atom stereocenters. The molecule has 0 aliphatic carbocycles. The average molecular weight is 361 g/mol. The minimum Gasteiger partial charge on any atom is -0.478 e. The van der Waals surface area contributed by atoms with Crippen molar-refractivity contribution in [3.63, 3.8) is 0 Å². The van der Waals surface area contributed by atoms with Crippen molar-refractivity contribution in [2.24, 2.45) is 5.92 Å². The molecule has 1 aromatic heterocycles. The summed E-state index contributed by atoms with van der Waals surface area (Å²) in [5, 5.41) is 9.10. The molecule has 8 heteroatoms. The molecule has 25 heavy (non-hydrogen) atoms. The molecule has 0 radical (unpaired) electrons. The van der Waals surface area contributed by atoms with Crippen molar-refractivity contribution in [1.82, 2.24) is 14.3 Å². The topological polar surface area (TPSA) is 100 Å². The Labute approximate surface area is 146 Å². The Hall–Kier alpha value is -2.32. The van der Waals surface area contributed by atoms with Crippen molar-refractivity contribution in [2.75, 3.05) is 19.3 Å². The van der Waals surface area contributed by atoms with Crippen molar-refractivity contribution >= 4 is 16.0 Å². The van der Waals surface area contributed by atoms with Crippen LogP contribution < -0.4 is 0 Å². The summed E-state index contributed by atoms with van der Waals surface area (Å²) >= 11 is 0. The van der Waals surface area contributed by atoms with Gasteiger partial charge in [0.05, 0.1) is 17.5 Å². The van der Waals surface area contributed by atoms with Crippen LogP contribution in [0.15, 0.2) is 36.7 Å². The van der Waals surface area contributed by atoms with E-state index in [0.29, 0.717) is 30.8 Å². The Balaban J connectivity index is 1.77. The van der Waals surface area contributed by atoms with Crippen molar-refractivity contribution in [2.45, 2.75) is 12.8 Å². The highest BCUT2D eigenvalue weighted by atomic mass is 32.2. The molecule has 1 atom stereocenters. The molecule has 1 aliphatic rings. The maximum Gasteiger partial charge on any atom is 0.335 e. The second kappa shape index (κ2) is 6.89. The third-order valence-corrected chi connectivity index (χ3v) is 5.61. The van der Waals surface area contributed by atoms with Gasteiger partial charge in [-0.1, -0.05) is 12.1 Å². The molecule has 1 aromatic carbocycles. The molecular weight excluding hydrogens is 342 g/mol. The normalized spacial score (nSPS) is 18.4. The molecule has 2 aromatic rings. The monoisotopic (exact) mass is 361 g/mol. The molecule has 0 spiro atoms. The zero-order valence-corrected chi connectivity index (χ0v) is 14.6. The van der Waals surface area contributed by atoms with Gasteiger partial charge in [-0.05, 0) is 37.0 Å². The van der Waals surface area contributed by atoms with E-state index in [1.807, 2.05) is 6.07 Å². The number of carboxylic acids is 1. The van der Waals surface area contributed by atoms with Crippen molar-refractivity contribution in [3.05, 3.63) is 47.9 Å². The molecule has 1 saturated heterocycles. The summed E-state index contributed by atoms with van der Waals surface area (Å²) < 4.78 is 24.7. The third-order valence-electron chi connectivity index (χ3n) is 4.34. The Kier molecular flexibility index (Phi) is 4.82. The maximum atomic E-state index is 11.6. The van der Waals surface area contributed by atoms with Gasteiger partial charge in [0.15, 0.2) is 0 Å². The fourth-order valence-electron chi connectivity index (χ4n) is 3.04. The van der Waals surface area contributed by atoms with Crippen LogP contribution in [-0.2, 0) is 16.4 Å². The van der Waals surface area contributed by atoms with Crippen LogP contribution in [0.1, 0.15) is 22.5 Å². The van der Waals surface area contributed by atoms with Crippen LogP contribution in [0, 0.1) is 5.92 Å². The van der Waals surface area contributed by atoms with E-state index in [4.69, 9.17) is 5.11 Å². The Morgan fingerprint density at radius 1 is 1.32 bits per heavy atom. The summed E-state index contributed by atoms with van der Waals surface area (Å²) in [6.45, 7) is 1.05. The summed E-state index contributed by atoms with van der Waals surface area (Å²) in [5.74, 6) is -0.759. The van der Waals surface area contributed by atoms with E-state index >= 15 is 0 Å². The predicted molar refractivity (Wildman–Crippen MR) is 92.7 cm³/mol. The van der Waals surface area contributed by atoms with E-state index in [1.165, 1.54) is 23.0 Å². The number of sulfonamides is 1. The number of nitrogens with zero attached hydrogens (tertiary/aromatic N) is 3. The van der Waals surface area contributed by atoms with E-state index < -0.39 is 16.0 Å². The molecule has 2 heterocycles. The van der Waals surface area contributed by atoms with Crippen molar-refractivity contribution in [1.29, 1.82) is 0 Å². The van der Waals surface area contributed by atoms with Crippen LogP contribution in [0.3, 0.4) is 0 Å². The lowest BCUT2D eigenvalue weighted by atomic mass is 10.0. The lowest BCUT2D eigenvalue weighted by molar-refractivity contribution is 0.0697. The summed E-state index contributed by atoms with van der Waals surface area (Å²) in [4.78, 5) is 19.6. The van der Waals surface area contributed by atoms with Gasteiger partial charge in [-0.25, -0.2) is 27.5 Å². The van der Waals surface area contributed by atoms with E-state index in [9.17, 15) is 13.2 Å². The number of aromatic nitrogens is 2. The molecule has 1 aliphatic heterocycles. The molecule has 132 valence electrons. The van der Waals surface area contributed by atoms with Gasteiger partial charge in [-0.2, -0.15) is 0 Å². The minimum absolute atomic E-state index is 0.206. The standard InChI is InChI=1S/C17H19N3O4S/c1-25(23,24)20-6-5-12(10-20)7-15-9-16(19-11-18-15)13-3-2-4-14(8-13)17(21)22/h2-4,8-9,11-12H,5-7,10H2,1H3,(H,21,22)/t12-/m1/s1. The van der Waals surface area contributed by atoms with Gasteiger partial charge in [0.1, 0.15) is 6.33 Å². The Morgan fingerprint density at radius 2 is 2.12 bits per heavy atom. The van der Waals surface area contributed by atoms with Gasteiger partial charge in [-0.3, -0.25) is 0 Å². The Bertz CT molecular complexity index is 898. The van der Waals surface area contributed by atoms with Crippen molar-refractivity contribution < 1.29 is 18.3 Å². The minimum atomic E-state index is -3.15. The molecule has 0 saturated carbocycles. The SMILES string of the molecule is CS(=O)(=O)N1CC[C@H](Cc2cc(-c3cccc(C(=O)O)c3)ncn2)C1. The first-order valence-corrected chi connectivity index (χ1v) is 9.77. The molecule has 1 N–H and O–H groups in total. The summed E-state index contributed by atoms with van der Waals surface area (Å²) in [6, 6.07) is 8.44. The zero-order chi connectivity index (χ0) is 18.0. The van der Waals surface area contributed by atoms with Crippen LogP contribution in [0.2, 0.25) is 0 Å². The number of aromatic carboxylic acids is 1. The zero-order valence-electron chi connectivity index (χ0n) is 13.8. The van der Waals surface area contributed by atoms with Gasteiger partial charge in [0.2, 0.25) is 10.0 Å². The number of hydrogen-bond acceptors (Lipinski definition) is 5. The maximum absolute atomic E-state index is 11.6. The smallest absolute Gasteiger partial charge is 0.335 e. The fourth-order valence-corrected chi connectivity index (χ4v) is 3.96. The largest absolute Gasteiger partial charge is 0.478 e. The second-order valence-corrected chi connectivity index (χ2v) is 8.24. The van der Waals surface area contributed by atoms with Gasteiger partial charge in [0, 0.05) is 24.3 Å². The predicted octanol–water partition coefficient (Wildman–Crippen LogP) is 1.67. The van der Waals surface area contributed by atoms with E-state index in [1.54, 1.807) is 18.2 Å². The van der Waals surface area contributed by atoms with Crippen LogP contribution in [0.4, 0.5) is 0 Å². The number of carbonyl (C=O) groups is 1. The first kappa shape index (κ1) is 17.5. The summed E-state index contributed by atoms with van der Waals surface area (Å²) in [6.07, 6.45) is 4.16. The van der Waals surface area contributed by atoms with E-state index in [2.05, 4.69) is 9.97 Å². The average Bonchev–Trinajstić information content (AvgIpc) is 3.04. The summed E-state index contributed by atoms with van der Waals surface area (Å²) in [5.41, 5.74) is 2.40. The third kappa shape index (κ3) is 4.21. The molecule has 7 nitrogen and oxygen atoms in total. The van der Waals surface area contributed by atoms with Crippen LogP contribution in [0.25, 0.3) is 11.3 Å². The van der Waals surface area contributed by atoms with Crippen LogP contribution in [-0.4, -0.2) is 53.1 Å².